The number of amidine groups is 1. The molecule has 3 rings (SSSR count). The van der Waals surface area contributed by atoms with Gasteiger partial charge in [-0.3, -0.25) is 14.9 Å². The molecule has 1 fully saturated rings. The number of piperazine rings is 1. The van der Waals surface area contributed by atoms with E-state index in [2.05, 4.69) is 14.8 Å². The molecule has 1 aromatic carbocycles. The number of non-ortho nitro benzene ring substituents is 1. The van der Waals surface area contributed by atoms with Gasteiger partial charge in [0, 0.05) is 44.0 Å². The van der Waals surface area contributed by atoms with Crippen LogP contribution in [0.2, 0.25) is 0 Å². The summed E-state index contributed by atoms with van der Waals surface area (Å²) in [5.74, 6) is -0.128. The molecule has 0 N–H and O–H groups in total. The highest BCUT2D eigenvalue weighted by Crippen LogP contribution is 2.32. The number of amides is 1. The van der Waals surface area contributed by atoms with Crippen molar-refractivity contribution in [1.82, 2.24) is 4.90 Å². The summed E-state index contributed by atoms with van der Waals surface area (Å²) in [5.41, 5.74) is 2.16. The molecule has 1 saturated heterocycles. The van der Waals surface area contributed by atoms with Gasteiger partial charge in [0.25, 0.3) is 11.6 Å². The molecule has 1 aromatic rings. The van der Waals surface area contributed by atoms with Crippen LogP contribution >= 0.6 is 11.8 Å². The van der Waals surface area contributed by atoms with Crippen molar-refractivity contribution in [1.29, 1.82) is 0 Å². The highest BCUT2D eigenvalue weighted by molar-refractivity contribution is 8.18. The molecule has 0 atom stereocenters. The molecule has 0 saturated carbocycles. The van der Waals surface area contributed by atoms with Gasteiger partial charge in [-0.2, -0.15) is 4.99 Å². The van der Waals surface area contributed by atoms with Crippen molar-refractivity contribution in [3.05, 3.63) is 44.9 Å². The molecule has 0 aliphatic carbocycles. The second-order valence-corrected chi connectivity index (χ2v) is 6.99. The van der Waals surface area contributed by atoms with Gasteiger partial charge in [0.15, 0.2) is 5.17 Å². The maximum absolute atomic E-state index is 12.0. The van der Waals surface area contributed by atoms with Crippen molar-refractivity contribution in [3.63, 3.8) is 0 Å². The van der Waals surface area contributed by atoms with E-state index in [-0.39, 0.29) is 11.6 Å². The standard InChI is InChI=1S/C17H20N4O3S/c1-3-12(2)15-16(22)18-17(25-15)20-10-8-19(9-11-20)13-4-6-14(7-5-13)21(23)24/h4-7H,3,8-11H2,1-2H3. The van der Waals surface area contributed by atoms with E-state index < -0.39 is 4.92 Å². The quantitative estimate of drug-likeness (QED) is 0.468. The molecule has 8 heteroatoms. The topological polar surface area (TPSA) is 79.1 Å². The predicted octanol–water partition coefficient (Wildman–Crippen LogP) is 3.03. The van der Waals surface area contributed by atoms with Crippen molar-refractivity contribution in [3.8, 4) is 0 Å². The Labute approximate surface area is 150 Å². The number of nitro groups is 1. The minimum absolute atomic E-state index is 0.100. The number of hydrogen-bond donors (Lipinski definition) is 0. The Morgan fingerprint density at radius 2 is 1.80 bits per heavy atom. The average Bonchev–Trinajstić information content (AvgIpc) is 3.03. The summed E-state index contributed by atoms with van der Waals surface area (Å²) in [5, 5.41) is 11.5. The third-order valence-electron chi connectivity index (χ3n) is 4.48. The smallest absolute Gasteiger partial charge is 0.286 e. The van der Waals surface area contributed by atoms with Crippen LogP contribution in [0.15, 0.2) is 39.7 Å². The van der Waals surface area contributed by atoms with Crippen LogP contribution in [0.4, 0.5) is 11.4 Å². The fourth-order valence-corrected chi connectivity index (χ4v) is 3.88. The van der Waals surface area contributed by atoms with Crippen LogP contribution in [0.1, 0.15) is 20.3 Å². The van der Waals surface area contributed by atoms with Crippen molar-refractivity contribution in [2.75, 3.05) is 31.1 Å². The number of anilines is 1. The molecule has 2 aliphatic rings. The number of carbonyl (C=O) groups excluding carboxylic acids is 1. The highest BCUT2D eigenvalue weighted by Gasteiger charge is 2.29. The molecule has 1 amide bonds. The van der Waals surface area contributed by atoms with Crippen LogP contribution in [0.5, 0.6) is 0 Å². The number of hydrogen-bond acceptors (Lipinski definition) is 6. The molecule has 25 heavy (non-hydrogen) atoms. The Hall–Kier alpha value is -2.35. The van der Waals surface area contributed by atoms with E-state index in [1.165, 1.54) is 23.9 Å². The van der Waals surface area contributed by atoms with E-state index in [1.807, 2.05) is 13.8 Å². The summed E-state index contributed by atoms with van der Waals surface area (Å²) in [6.07, 6.45) is 0.852. The summed E-state index contributed by atoms with van der Waals surface area (Å²) in [4.78, 5) is 31.7. The van der Waals surface area contributed by atoms with Crippen molar-refractivity contribution >= 4 is 34.2 Å². The second-order valence-electron chi connectivity index (χ2n) is 6.01. The Morgan fingerprint density at radius 3 is 2.36 bits per heavy atom. The van der Waals surface area contributed by atoms with E-state index >= 15 is 0 Å². The zero-order valence-electron chi connectivity index (χ0n) is 14.3. The van der Waals surface area contributed by atoms with Crippen LogP contribution in [-0.2, 0) is 4.79 Å². The van der Waals surface area contributed by atoms with Gasteiger partial charge < -0.3 is 9.80 Å². The maximum Gasteiger partial charge on any atom is 0.286 e. The monoisotopic (exact) mass is 360 g/mol. The lowest BCUT2D eigenvalue weighted by Crippen LogP contribution is -2.47. The summed E-state index contributed by atoms with van der Waals surface area (Å²) < 4.78 is 0. The van der Waals surface area contributed by atoms with Crippen LogP contribution in [0.3, 0.4) is 0 Å². The highest BCUT2D eigenvalue weighted by atomic mass is 32.2. The first-order valence-electron chi connectivity index (χ1n) is 8.24. The van der Waals surface area contributed by atoms with Crippen molar-refractivity contribution in [2.45, 2.75) is 20.3 Å². The predicted molar refractivity (Wildman–Crippen MR) is 99.9 cm³/mol. The van der Waals surface area contributed by atoms with Gasteiger partial charge in [-0.1, -0.05) is 12.5 Å². The fraction of sp³-hybridized carbons (Fsp3) is 0.412. The minimum atomic E-state index is -0.391. The van der Waals surface area contributed by atoms with Crippen LogP contribution < -0.4 is 4.90 Å². The number of nitrogens with zero attached hydrogens (tertiary/aromatic N) is 4. The Bertz CT molecular complexity index is 750. The fourth-order valence-electron chi connectivity index (χ4n) is 2.80. The number of carbonyl (C=O) groups is 1. The number of nitro benzene ring substituents is 1. The normalized spacial score (nSPS) is 19.9. The van der Waals surface area contributed by atoms with Gasteiger partial charge in [-0.05, 0) is 37.2 Å². The van der Waals surface area contributed by atoms with Crippen molar-refractivity contribution in [2.24, 2.45) is 4.99 Å². The third-order valence-corrected chi connectivity index (χ3v) is 5.74. The van der Waals surface area contributed by atoms with Crippen LogP contribution in [0.25, 0.3) is 0 Å². The Balaban J connectivity index is 1.62. The minimum Gasteiger partial charge on any atom is -0.368 e. The lowest BCUT2D eigenvalue weighted by molar-refractivity contribution is -0.384. The van der Waals surface area contributed by atoms with E-state index in [0.717, 1.165) is 53.9 Å². The molecule has 0 unspecified atom stereocenters. The zero-order chi connectivity index (χ0) is 18.0. The first-order valence-corrected chi connectivity index (χ1v) is 9.06. The second kappa shape index (κ2) is 7.26. The van der Waals surface area contributed by atoms with Crippen LogP contribution in [0, 0.1) is 10.1 Å². The first-order chi connectivity index (χ1) is 12.0. The van der Waals surface area contributed by atoms with E-state index in [4.69, 9.17) is 0 Å². The largest absolute Gasteiger partial charge is 0.368 e. The SMILES string of the molecule is CCC(C)=C1SC(N2CCN(c3ccc([N+](=O)[O-])cc3)CC2)=NC1=O. The van der Waals surface area contributed by atoms with E-state index in [0.29, 0.717) is 0 Å². The maximum atomic E-state index is 12.0. The molecule has 0 radical (unpaired) electrons. The lowest BCUT2D eigenvalue weighted by Gasteiger charge is -2.36. The zero-order valence-corrected chi connectivity index (χ0v) is 15.1. The molecule has 7 nitrogen and oxygen atoms in total. The molecule has 2 aliphatic heterocycles. The summed E-state index contributed by atoms with van der Waals surface area (Å²) in [6.45, 7) is 7.14. The van der Waals surface area contributed by atoms with Gasteiger partial charge in [0.05, 0.1) is 9.83 Å². The average molecular weight is 360 g/mol. The Kier molecular flexibility index (Phi) is 5.08. The van der Waals surface area contributed by atoms with Gasteiger partial charge in [0.2, 0.25) is 0 Å². The molecule has 0 bridgehead atoms. The molecule has 2 heterocycles. The number of rotatable bonds is 3. The molecular formula is C17H20N4O3S. The summed E-state index contributed by atoms with van der Waals surface area (Å²) >= 11 is 1.47. The lowest BCUT2D eigenvalue weighted by atomic mass is 10.2. The first kappa shape index (κ1) is 17.5. The van der Waals surface area contributed by atoms with Gasteiger partial charge in [-0.25, -0.2) is 0 Å². The number of benzene rings is 1. The van der Waals surface area contributed by atoms with Gasteiger partial charge in [0.1, 0.15) is 0 Å². The summed E-state index contributed by atoms with van der Waals surface area (Å²) in [6, 6.07) is 6.62. The third kappa shape index (κ3) is 3.68. The van der Waals surface area contributed by atoms with E-state index in [9.17, 15) is 14.9 Å². The Morgan fingerprint density at radius 1 is 1.20 bits per heavy atom. The number of thioether (sulfide) groups is 1. The molecular weight excluding hydrogens is 340 g/mol. The summed E-state index contributed by atoms with van der Waals surface area (Å²) in [7, 11) is 0. The number of aliphatic imine (C=N–C) groups is 1. The van der Waals surface area contributed by atoms with Gasteiger partial charge in [-0.15, -0.1) is 0 Å². The number of allylic oxidation sites excluding steroid dienone is 1. The molecule has 132 valence electrons. The van der Waals surface area contributed by atoms with Crippen LogP contribution in [-0.4, -0.2) is 47.1 Å². The van der Waals surface area contributed by atoms with E-state index in [1.54, 1.807) is 12.1 Å². The molecule has 0 spiro atoms. The van der Waals surface area contributed by atoms with Gasteiger partial charge >= 0.3 is 0 Å². The van der Waals surface area contributed by atoms with Crippen molar-refractivity contribution < 1.29 is 9.72 Å². The molecule has 0 aromatic heterocycles.